The van der Waals surface area contributed by atoms with E-state index in [1.165, 1.54) is 19.2 Å². The summed E-state index contributed by atoms with van der Waals surface area (Å²) in [6, 6.07) is 16.5. The topological polar surface area (TPSA) is 69.7 Å². The van der Waals surface area contributed by atoms with Crippen molar-refractivity contribution >= 4 is 22.0 Å². The molecule has 0 bridgehead atoms. The summed E-state index contributed by atoms with van der Waals surface area (Å²) < 4.78 is 25.9. The Kier molecular flexibility index (Phi) is 6.28. The lowest BCUT2D eigenvalue weighted by atomic mass is 10.0. The van der Waals surface area contributed by atoms with Crippen LogP contribution < -0.4 is 4.72 Å². The summed E-state index contributed by atoms with van der Waals surface area (Å²) in [7, 11) is -0.0206. The summed E-state index contributed by atoms with van der Waals surface area (Å²) >= 11 is 0. The molecule has 3 rings (SSSR count). The van der Waals surface area contributed by atoms with Gasteiger partial charge in [-0.3, -0.25) is 4.79 Å². The van der Waals surface area contributed by atoms with Crippen molar-refractivity contribution in [2.75, 3.05) is 33.7 Å². The van der Waals surface area contributed by atoms with Crippen LogP contribution in [0.2, 0.25) is 0 Å². The van der Waals surface area contributed by atoms with Crippen molar-refractivity contribution in [1.82, 2.24) is 14.5 Å². The number of sulfonamides is 1. The van der Waals surface area contributed by atoms with Gasteiger partial charge in [-0.15, -0.1) is 0 Å². The second-order valence-electron chi connectivity index (χ2n) is 6.83. The molecule has 0 saturated carbocycles. The molecule has 28 heavy (non-hydrogen) atoms. The molecule has 0 aliphatic carbocycles. The lowest BCUT2D eigenvalue weighted by Gasteiger charge is -2.39. The van der Waals surface area contributed by atoms with Crippen LogP contribution in [0.1, 0.15) is 17.2 Å². The number of nitrogens with one attached hydrogen (secondary N) is 1. The fraction of sp³-hybridized carbons (Fsp3) is 0.286. The number of nitrogens with zero attached hydrogens (tertiary/aromatic N) is 2. The third-order valence-corrected chi connectivity index (χ3v) is 6.36. The molecule has 1 unspecified atom stereocenters. The molecule has 1 saturated heterocycles. The predicted molar refractivity (Wildman–Crippen MR) is 110 cm³/mol. The number of amides is 1. The molecule has 0 radical (unpaired) electrons. The maximum atomic E-state index is 12.8. The predicted octanol–water partition coefficient (Wildman–Crippen LogP) is 2.12. The second kappa shape index (κ2) is 8.68. The van der Waals surface area contributed by atoms with E-state index < -0.39 is 10.0 Å². The van der Waals surface area contributed by atoms with E-state index in [2.05, 4.69) is 28.8 Å². The Morgan fingerprint density at radius 1 is 1.07 bits per heavy atom. The minimum atomic E-state index is -3.46. The summed E-state index contributed by atoms with van der Waals surface area (Å²) in [5.41, 5.74) is 1.89. The zero-order chi connectivity index (χ0) is 20.1. The van der Waals surface area contributed by atoms with Crippen LogP contribution in [-0.2, 0) is 14.8 Å². The van der Waals surface area contributed by atoms with Crippen molar-refractivity contribution in [3.63, 3.8) is 0 Å². The number of carbonyl (C=O) groups excluding carboxylic acids is 1. The smallest absolute Gasteiger partial charge is 0.247 e. The van der Waals surface area contributed by atoms with E-state index in [0.717, 1.165) is 24.2 Å². The largest absolute Gasteiger partial charge is 0.330 e. The summed E-state index contributed by atoms with van der Waals surface area (Å²) in [5, 5.41) is 0. The van der Waals surface area contributed by atoms with E-state index in [0.29, 0.717) is 6.54 Å². The van der Waals surface area contributed by atoms with Crippen LogP contribution in [-0.4, -0.2) is 57.9 Å². The molecule has 1 amide bonds. The lowest BCUT2D eigenvalue weighted by Crippen LogP contribution is -2.48. The Morgan fingerprint density at radius 3 is 2.39 bits per heavy atom. The molecule has 7 heteroatoms. The Bertz CT molecular complexity index is 941. The summed E-state index contributed by atoms with van der Waals surface area (Å²) in [5.74, 6) is -0.0473. The van der Waals surface area contributed by atoms with Crippen LogP contribution in [0.3, 0.4) is 0 Å². The van der Waals surface area contributed by atoms with Gasteiger partial charge in [-0.1, -0.05) is 42.5 Å². The van der Waals surface area contributed by atoms with Crippen molar-refractivity contribution in [3.8, 4) is 0 Å². The van der Waals surface area contributed by atoms with Crippen molar-refractivity contribution in [1.29, 1.82) is 0 Å². The van der Waals surface area contributed by atoms with E-state index >= 15 is 0 Å². The van der Waals surface area contributed by atoms with E-state index in [4.69, 9.17) is 0 Å². The molecule has 1 aliphatic rings. The van der Waals surface area contributed by atoms with Gasteiger partial charge in [-0.05, 0) is 43.4 Å². The van der Waals surface area contributed by atoms with Crippen LogP contribution in [0.5, 0.6) is 0 Å². The number of rotatable bonds is 5. The van der Waals surface area contributed by atoms with Gasteiger partial charge in [0.1, 0.15) is 0 Å². The highest BCUT2D eigenvalue weighted by Crippen LogP contribution is 2.25. The molecule has 1 fully saturated rings. The zero-order valence-electron chi connectivity index (χ0n) is 16.1. The SMILES string of the molecule is CNS(=O)(=O)c1ccc(/C=C/C(=O)N2CCN(C)CC2c2ccccc2)cc1. The van der Waals surface area contributed by atoms with Gasteiger partial charge < -0.3 is 9.80 Å². The fourth-order valence-electron chi connectivity index (χ4n) is 3.28. The molecular formula is C21H25N3O3S. The van der Waals surface area contributed by atoms with Gasteiger partial charge in [-0.25, -0.2) is 13.1 Å². The summed E-state index contributed by atoms with van der Waals surface area (Å²) in [4.78, 5) is 17.2. The number of hydrogen-bond donors (Lipinski definition) is 1. The van der Waals surface area contributed by atoms with E-state index in [9.17, 15) is 13.2 Å². The maximum Gasteiger partial charge on any atom is 0.247 e. The molecular weight excluding hydrogens is 374 g/mol. The first-order valence-corrected chi connectivity index (χ1v) is 10.6. The van der Waals surface area contributed by atoms with Crippen LogP contribution in [0.4, 0.5) is 0 Å². The number of carbonyl (C=O) groups is 1. The first-order valence-electron chi connectivity index (χ1n) is 9.16. The van der Waals surface area contributed by atoms with Gasteiger partial charge in [0.25, 0.3) is 0 Å². The number of piperazine rings is 1. The lowest BCUT2D eigenvalue weighted by molar-refractivity contribution is -0.130. The van der Waals surface area contributed by atoms with Gasteiger partial charge in [0.05, 0.1) is 10.9 Å². The zero-order valence-corrected chi connectivity index (χ0v) is 16.9. The molecule has 1 N–H and O–H groups in total. The Hall–Kier alpha value is -2.48. The molecule has 6 nitrogen and oxygen atoms in total. The molecule has 0 spiro atoms. The molecule has 1 heterocycles. The highest BCUT2D eigenvalue weighted by molar-refractivity contribution is 7.89. The van der Waals surface area contributed by atoms with Crippen LogP contribution in [0.15, 0.2) is 65.6 Å². The van der Waals surface area contributed by atoms with Gasteiger partial charge in [0.2, 0.25) is 15.9 Å². The van der Waals surface area contributed by atoms with Crippen LogP contribution in [0.25, 0.3) is 6.08 Å². The summed E-state index contributed by atoms with van der Waals surface area (Å²) in [6.45, 7) is 2.29. The maximum absolute atomic E-state index is 12.8. The number of likely N-dealkylation sites (N-methyl/N-ethyl adjacent to an activating group) is 1. The molecule has 2 aromatic carbocycles. The quantitative estimate of drug-likeness (QED) is 0.782. The molecule has 2 aromatic rings. The normalized spacial score (nSPS) is 18.5. The van der Waals surface area contributed by atoms with Crippen LogP contribution in [0, 0.1) is 0 Å². The Labute approximate surface area is 166 Å². The highest BCUT2D eigenvalue weighted by Gasteiger charge is 2.28. The van der Waals surface area contributed by atoms with Crippen LogP contribution >= 0.6 is 0 Å². The number of benzene rings is 2. The third kappa shape index (κ3) is 4.67. The van der Waals surface area contributed by atoms with E-state index in [1.807, 2.05) is 23.1 Å². The third-order valence-electron chi connectivity index (χ3n) is 4.93. The minimum Gasteiger partial charge on any atom is -0.330 e. The average molecular weight is 400 g/mol. The van der Waals surface area contributed by atoms with Crippen molar-refractivity contribution in [2.24, 2.45) is 0 Å². The van der Waals surface area contributed by atoms with Gasteiger partial charge in [0, 0.05) is 25.7 Å². The molecule has 0 aromatic heterocycles. The standard InChI is InChI=1S/C21H25N3O3S/c1-22-28(26,27)19-11-8-17(9-12-19)10-13-21(25)24-15-14-23(2)16-20(24)18-6-4-3-5-7-18/h3-13,20,22H,14-16H2,1-2H3/b13-10+. The molecule has 1 aliphatic heterocycles. The molecule has 1 atom stereocenters. The number of hydrogen-bond acceptors (Lipinski definition) is 4. The Morgan fingerprint density at radius 2 is 1.75 bits per heavy atom. The average Bonchev–Trinajstić information content (AvgIpc) is 2.73. The summed E-state index contributed by atoms with van der Waals surface area (Å²) in [6.07, 6.45) is 3.28. The molecule has 148 valence electrons. The second-order valence-corrected chi connectivity index (χ2v) is 8.72. The van der Waals surface area contributed by atoms with E-state index in [1.54, 1.807) is 24.3 Å². The van der Waals surface area contributed by atoms with Crippen molar-refractivity contribution in [2.45, 2.75) is 10.9 Å². The van der Waals surface area contributed by atoms with Crippen molar-refractivity contribution < 1.29 is 13.2 Å². The first-order chi connectivity index (χ1) is 13.4. The fourth-order valence-corrected chi connectivity index (χ4v) is 4.01. The van der Waals surface area contributed by atoms with Gasteiger partial charge in [0.15, 0.2) is 0 Å². The monoisotopic (exact) mass is 399 g/mol. The Balaban J connectivity index is 1.75. The highest BCUT2D eigenvalue weighted by atomic mass is 32.2. The van der Waals surface area contributed by atoms with Gasteiger partial charge >= 0.3 is 0 Å². The minimum absolute atomic E-state index is 0.0141. The first kappa shape index (κ1) is 20.3. The van der Waals surface area contributed by atoms with Gasteiger partial charge in [-0.2, -0.15) is 0 Å². The van der Waals surface area contributed by atoms with E-state index in [-0.39, 0.29) is 16.8 Å². The van der Waals surface area contributed by atoms with Crippen molar-refractivity contribution in [3.05, 3.63) is 71.8 Å².